The molecule has 1 fully saturated rings. The highest BCUT2D eigenvalue weighted by Gasteiger charge is 2.25. The summed E-state index contributed by atoms with van der Waals surface area (Å²) >= 11 is 6.00. The fraction of sp³-hybridized carbons (Fsp3) is 0.400. The Labute approximate surface area is 235 Å². The van der Waals surface area contributed by atoms with Crippen molar-refractivity contribution < 1.29 is 14.3 Å². The van der Waals surface area contributed by atoms with Crippen LogP contribution in [-0.2, 0) is 4.79 Å². The van der Waals surface area contributed by atoms with Gasteiger partial charge in [-0.2, -0.15) is 0 Å². The summed E-state index contributed by atoms with van der Waals surface area (Å²) in [6.45, 7) is 7.45. The van der Waals surface area contributed by atoms with Crippen molar-refractivity contribution in [2.24, 2.45) is 5.92 Å². The first-order valence-electron chi connectivity index (χ1n) is 13.4. The van der Waals surface area contributed by atoms with Gasteiger partial charge in [0.2, 0.25) is 5.91 Å². The van der Waals surface area contributed by atoms with Crippen LogP contribution in [0, 0.1) is 5.92 Å². The molecule has 2 heterocycles. The van der Waals surface area contributed by atoms with Crippen molar-refractivity contribution in [1.29, 1.82) is 0 Å². The molecule has 0 saturated carbocycles. The van der Waals surface area contributed by atoms with Crippen molar-refractivity contribution in [1.82, 2.24) is 20.0 Å². The lowest BCUT2D eigenvalue weighted by molar-refractivity contribution is -0.131. The molecular formula is C30H36ClN5O3. The number of ether oxygens (including phenoxy) is 1. The summed E-state index contributed by atoms with van der Waals surface area (Å²) in [5.74, 6) is 1.82. The summed E-state index contributed by atoms with van der Waals surface area (Å²) in [5.41, 5.74) is 2.30. The van der Waals surface area contributed by atoms with Crippen molar-refractivity contribution >= 4 is 29.2 Å². The molecule has 206 valence electrons. The first-order chi connectivity index (χ1) is 18.8. The van der Waals surface area contributed by atoms with E-state index in [9.17, 15) is 9.59 Å². The van der Waals surface area contributed by atoms with Crippen molar-refractivity contribution in [3.05, 3.63) is 71.2 Å². The maximum atomic E-state index is 13.3. The average Bonchev–Trinajstić information content (AvgIpc) is 3.22. The Bertz CT molecular complexity index is 1230. The minimum atomic E-state index is -0.149. The molecule has 0 bridgehead atoms. The Balaban J connectivity index is 1.37. The average molecular weight is 550 g/mol. The van der Waals surface area contributed by atoms with E-state index in [4.69, 9.17) is 16.3 Å². The number of benzene rings is 2. The van der Waals surface area contributed by atoms with Crippen LogP contribution in [0.4, 0.5) is 5.82 Å². The SMILES string of the molecule is COc1ccc(-c2ccc(N3CCCN(C(=O)CN(CCC(C)C)C(=O)c4ccc(Cl)cc4)CC3)nn2)cc1. The van der Waals surface area contributed by atoms with Crippen LogP contribution in [0.25, 0.3) is 11.3 Å². The van der Waals surface area contributed by atoms with E-state index in [-0.39, 0.29) is 18.4 Å². The van der Waals surface area contributed by atoms with E-state index in [2.05, 4.69) is 28.9 Å². The summed E-state index contributed by atoms with van der Waals surface area (Å²) in [6.07, 6.45) is 1.64. The van der Waals surface area contributed by atoms with Crippen molar-refractivity contribution in [3.8, 4) is 17.0 Å². The molecule has 39 heavy (non-hydrogen) atoms. The lowest BCUT2D eigenvalue weighted by Crippen LogP contribution is -2.44. The molecule has 0 N–H and O–H groups in total. The third-order valence-electron chi connectivity index (χ3n) is 6.89. The van der Waals surface area contributed by atoms with Crippen molar-refractivity contribution in [2.45, 2.75) is 26.7 Å². The second-order valence-electron chi connectivity index (χ2n) is 10.1. The molecule has 0 radical (unpaired) electrons. The molecule has 0 unspecified atom stereocenters. The molecule has 8 nitrogen and oxygen atoms in total. The van der Waals surface area contributed by atoms with E-state index in [1.165, 1.54) is 0 Å². The van der Waals surface area contributed by atoms with E-state index in [1.54, 1.807) is 36.3 Å². The molecule has 3 aromatic rings. The lowest BCUT2D eigenvalue weighted by Gasteiger charge is -2.27. The lowest BCUT2D eigenvalue weighted by atomic mass is 10.1. The van der Waals surface area contributed by atoms with Crippen LogP contribution in [0.15, 0.2) is 60.7 Å². The number of rotatable bonds is 9. The summed E-state index contributed by atoms with van der Waals surface area (Å²) in [4.78, 5) is 32.3. The van der Waals surface area contributed by atoms with Gasteiger partial charge in [0.15, 0.2) is 5.82 Å². The monoisotopic (exact) mass is 549 g/mol. The molecule has 2 amide bonds. The molecule has 9 heteroatoms. The molecule has 1 aliphatic rings. The van der Waals surface area contributed by atoms with E-state index in [1.807, 2.05) is 41.3 Å². The van der Waals surface area contributed by atoms with Gasteiger partial charge in [0.05, 0.1) is 12.8 Å². The number of nitrogens with zero attached hydrogens (tertiary/aromatic N) is 5. The van der Waals surface area contributed by atoms with Crippen LogP contribution in [0.5, 0.6) is 5.75 Å². The molecule has 2 aromatic carbocycles. The van der Waals surface area contributed by atoms with Gasteiger partial charge in [-0.25, -0.2) is 0 Å². The van der Waals surface area contributed by atoms with E-state index >= 15 is 0 Å². The number of aromatic nitrogens is 2. The smallest absolute Gasteiger partial charge is 0.254 e. The van der Waals surface area contributed by atoms with Crippen LogP contribution in [0.1, 0.15) is 37.0 Å². The van der Waals surface area contributed by atoms with E-state index < -0.39 is 0 Å². The highest BCUT2D eigenvalue weighted by Crippen LogP contribution is 2.22. The summed E-state index contributed by atoms with van der Waals surface area (Å²) in [7, 11) is 1.64. The standard InChI is InChI=1S/C30H36ClN5O3/c1-22(2)15-18-36(30(38)24-5-9-25(31)10-6-24)21-29(37)35-17-4-16-34(19-20-35)28-14-13-27(32-33-28)23-7-11-26(39-3)12-8-23/h5-14,22H,4,15-21H2,1-3H3. The number of methoxy groups -OCH3 is 1. The van der Waals surface area contributed by atoms with Gasteiger partial charge < -0.3 is 19.4 Å². The summed E-state index contributed by atoms with van der Waals surface area (Å²) < 4.78 is 5.22. The van der Waals surface area contributed by atoms with Gasteiger partial charge in [-0.15, -0.1) is 10.2 Å². The third kappa shape index (κ3) is 7.69. The van der Waals surface area contributed by atoms with Gasteiger partial charge in [0.1, 0.15) is 12.3 Å². The van der Waals surface area contributed by atoms with Gasteiger partial charge in [0.25, 0.3) is 5.91 Å². The number of halogens is 1. The molecule has 0 atom stereocenters. The number of anilines is 1. The largest absolute Gasteiger partial charge is 0.497 e. The molecular weight excluding hydrogens is 514 g/mol. The maximum absolute atomic E-state index is 13.3. The van der Waals surface area contributed by atoms with Gasteiger partial charge in [0, 0.05) is 48.9 Å². The zero-order valence-corrected chi connectivity index (χ0v) is 23.6. The number of amides is 2. The highest BCUT2D eigenvalue weighted by molar-refractivity contribution is 6.30. The zero-order valence-electron chi connectivity index (χ0n) is 22.8. The van der Waals surface area contributed by atoms with Crippen LogP contribution >= 0.6 is 11.6 Å². The third-order valence-corrected chi connectivity index (χ3v) is 7.14. The quantitative estimate of drug-likeness (QED) is 0.372. The Hall–Kier alpha value is -3.65. The van der Waals surface area contributed by atoms with Crippen LogP contribution in [0.2, 0.25) is 5.02 Å². The first-order valence-corrected chi connectivity index (χ1v) is 13.8. The Kier molecular flexibility index (Phi) is 9.76. The van der Waals surface area contributed by atoms with Gasteiger partial charge in [-0.3, -0.25) is 9.59 Å². The minimum absolute atomic E-state index is 0.0381. The molecule has 1 saturated heterocycles. The minimum Gasteiger partial charge on any atom is -0.497 e. The van der Waals surface area contributed by atoms with Gasteiger partial charge >= 0.3 is 0 Å². The fourth-order valence-corrected chi connectivity index (χ4v) is 4.64. The molecule has 0 aliphatic carbocycles. The normalized spacial score (nSPS) is 13.8. The second kappa shape index (κ2) is 13.4. The highest BCUT2D eigenvalue weighted by atomic mass is 35.5. The zero-order chi connectivity index (χ0) is 27.8. The van der Waals surface area contributed by atoms with Crippen molar-refractivity contribution in [3.63, 3.8) is 0 Å². The molecule has 1 aliphatic heterocycles. The number of hydrogen-bond donors (Lipinski definition) is 0. The summed E-state index contributed by atoms with van der Waals surface area (Å²) in [6, 6.07) is 18.5. The van der Waals surface area contributed by atoms with Crippen molar-refractivity contribution in [2.75, 3.05) is 51.3 Å². The second-order valence-corrected chi connectivity index (χ2v) is 10.6. The van der Waals surface area contributed by atoms with Gasteiger partial charge in [-0.1, -0.05) is 25.4 Å². The number of carbonyl (C=O) groups is 2. The van der Waals surface area contributed by atoms with E-state index in [0.29, 0.717) is 42.7 Å². The summed E-state index contributed by atoms with van der Waals surface area (Å²) in [5, 5.41) is 9.47. The molecule has 1 aromatic heterocycles. The predicted octanol–water partition coefficient (Wildman–Crippen LogP) is 5.03. The van der Waals surface area contributed by atoms with Crippen LogP contribution in [0.3, 0.4) is 0 Å². The Morgan fingerprint density at radius 1 is 0.949 bits per heavy atom. The number of hydrogen-bond acceptors (Lipinski definition) is 6. The van der Waals surface area contributed by atoms with E-state index in [0.717, 1.165) is 42.2 Å². The van der Waals surface area contributed by atoms with Crippen LogP contribution in [-0.4, -0.2) is 78.2 Å². The Morgan fingerprint density at radius 3 is 2.33 bits per heavy atom. The van der Waals surface area contributed by atoms with Gasteiger partial charge in [-0.05, 0) is 79.4 Å². The maximum Gasteiger partial charge on any atom is 0.254 e. The Morgan fingerprint density at radius 2 is 1.69 bits per heavy atom. The first kappa shape index (κ1) is 28.4. The van der Waals surface area contributed by atoms with Crippen LogP contribution < -0.4 is 9.64 Å². The molecule has 0 spiro atoms. The topological polar surface area (TPSA) is 78.9 Å². The molecule has 4 rings (SSSR count). The predicted molar refractivity (Wildman–Crippen MR) is 154 cm³/mol. The number of carbonyl (C=O) groups excluding carboxylic acids is 2. The fourth-order valence-electron chi connectivity index (χ4n) is 4.51.